The molecule has 0 aromatic heterocycles. The molecule has 2 aromatic rings. The molecular formula is C19H21N3O5. The van der Waals surface area contributed by atoms with Crippen LogP contribution in [0.3, 0.4) is 0 Å². The first-order valence-corrected chi connectivity index (χ1v) is 8.61. The summed E-state index contributed by atoms with van der Waals surface area (Å²) in [4.78, 5) is 25.4. The Morgan fingerprint density at radius 3 is 2.74 bits per heavy atom. The lowest BCUT2D eigenvalue weighted by Crippen LogP contribution is -2.38. The maximum atomic E-state index is 12.8. The number of hydrogen-bond donors (Lipinski definition) is 1. The molecule has 1 fully saturated rings. The van der Waals surface area contributed by atoms with E-state index in [1.54, 1.807) is 13.2 Å². The van der Waals surface area contributed by atoms with Gasteiger partial charge in [-0.05, 0) is 23.8 Å². The molecule has 0 unspecified atom stereocenters. The zero-order valence-corrected chi connectivity index (χ0v) is 15.0. The Hall–Kier alpha value is -3.13. The molecule has 1 heterocycles. The number of amides is 1. The molecule has 1 N–H and O–H groups in total. The number of nitrogens with one attached hydrogen (secondary N) is 1. The fourth-order valence-corrected chi connectivity index (χ4v) is 2.96. The summed E-state index contributed by atoms with van der Waals surface area (Å²) in [6.07, 6.45) is 0. The van der Waals surface area contributed by atoms with E-state index in [4.69, 9.17) is 9.47 Å². The minimum atomic E-state index is -0.498. The van der Waals surface area contributed by atoms with Gasteiger partial charge in [0.2, 0.25) is 0 Å². The lowest BCUT2D eigenvalue weighted by Gasteiger charge is -2.30. The summed E-state index contributed by atoms with van der Waals surface area (Å²) >= 11 is 0. The van der Waals surface area contributed by atoms with Gasteiger partial charge in [-0.25, -0.2) is 0 Å². The third-order valence-corrected chi connectivity index (χ3v) is 4.37. The number of morpholine rings is 1. The Morgan fingerprint density at radius 2 is 2.04 bits per heavy atom. The third-order valence-electron chi connectivity index (χ3n) is 4.37. The van der Waals surface area contributed by atoms with Crippen molar-refractivity contribution in [2.24, 2.45) is 0 Å². The van der Waals surface area contributed by atoms with Crippen LogP contribution in [0.5, 0.6) is 5.75 Å². The number of benzene rings is 2. The number of non-ortho nitro benzene ring substituents is 1. The zero-order valence-electron chi connectivity index (χ0n) is 15.0. The highest BCUT2D eigenvalue weighted by molar-refractivity contribution is 6.00. The van der Waals surface area contributed by atoms with Crippen LogP contribution in [0, 0.1) is 10.1 Å². The van der Waals surface area contributed by atoms with Crippen LogP contribution in [0.15, 0.2) is 42.5 Å². The molecule has 0 aliphatic carbocycles. The molecule has 8 heteroatoms. The number of anilines is 1. The molecule has 2 aromatic carbocycles. The minimum Gasteiger partial charge on any atom is -0.497 e. The molecule has 1 aliphatic rings. The van der Waals surface area contributed by atoms with Crippen molar-refractivity contribution in [3.8, 4) is 5.75 Å². The molecule has 0 bridgehead atoms. The van der Waals surface area contributed by atoms with E-state index >= 15 is 0 Å². The van der Waals surface area contributed by atoms with Crippen LogP contribution in [0.4, 0.5) is 11.4 Å². The first kappa shape index (κ1) is 18.7. The molecule has 27 heavy (non-hydrogen) atoms. The van der Waals surface area contributed by atoms with Gasteiger partial charge in [0, 0.05) is 31.8 Å². The fraction of sp³-hybridized carbons (Fsp3) is 0.316. The maximum Gasteiger partial charge on any atom is 0.270 e. The van der Waals surface area contributed by atoms with Crippen molar-refractivity contribution in [1.29, 1.82) is 0 Å². The Kier molecular flexibility index (Phi) is 5.87. The molecule has 1 saturated heterocycles. The highest BCUT2D eigenvalue weighted by Crippen LogP contribution is 2.26. The Balaban J connectivity index is 1.82. The molecular weight excluding hydrogens is 350 g/mol. The number of methoxy groups -OCH3 is 1. The van der Waals surface area contributed by atoms with Crippen molar-refractivity contribution in [3.05, 3.63) is 63.7 Å². The van der Waals surface area contributed by atoms with Gasteiger partial charge in [-0.3, -0.25) is 14.9 Å². The molecule has 3 rings (SSSR count). The first-order chi connectivity index (χ1) is 13.1. The number of rotatable bonds is 6. The average Bonchev–Trinajstić information content (AvgIpc) is 2.72. The number of carbonyl (C=O) groups excluding carboxylic acids is 1. The number of hydrogen-bond acceptors (Lipinski definition) is 6. The Morgan fingerprint density at radius 1 is 1.26 bits per heavy atom. The van der Waals surface area contributed by atoms with E-state index in [2.05, 4.69) is 5.32 Å². The number of ether oxygens (including phenoxy) is 2. The number of carbonyl (C=O) groups is 1. The van der Waals surface area contributed by atoms with Gasteiger partial charge < -0.3 is 19.7 Å². The zero-order chi connectivity index (χ0) is 19.2. The second-order valence-electron chi connectivity index (χ2n) is 6.09. The molecule has 1 amide bonds. The quantitative estimate of drug-likeness (QED) is 0.619. The van der Waals surface area contributed by atoms with Crippen molar-refractivity contribution in [2.45, 2.75) is 6.54 Å². The Labute approximate surface area is 156 Å². The van der Waals surface area contributed by atoms with Gasteiger partial charge in [0.1, 0.15) is 5.75 Å². The fourth-order valence-electron chi connectivity index (χ4n) is 2.96. The van der Waals surface area contributed by atoms with Gasteiger partial charge in [0.05, 0.1) is 36.5 Å². The van der Waals surface area contributed by atoms with Crippen LogP contribution in [0.2, 0.25) is 0 Å². The van der Waals surface area contributed by atoms with E-state index in [0.717, 1.165) is 5.56 Å². The summed E-state index contributed by atoms with van der Waals surface area (Å²) in [6, 6.07) is 11.7. The number of nitrogens with zero attached hydrogens (tertiary/aromatic N) is 2. The lowest BCUT2D eigenvalue weighted by atomic mass is 10.1. The second kappa shape index (κ2) is 8.50. The maximum absolute atomic E-state index is 12.8. The van der Waals surface area contributed by atoms with E-state index in [0.29, 0.717) is 44.3 Å². The first-order valence-electron chi connectivity index (χ1n) is 8.61. The van der Waals surface area contributed by atoms with Crippen molar-refractivity contribution in [1.82, 2.24) is 5.32 Å². The smallest absolute Gasteiger partial charge is 0.270 e. The summed E-state index contributed by atoms with van der Waals surface area (Å²) in [5.74, 6) is 0.342. The summed E-state index contributed by atoms with van der Waals surface area (Å²) in [5, 5.41) is 14.0. The van der Waals surface area contributed by atoms with Gasteiger partial charge in [0.25, 0.3) is 11.6 Å². The van der Waals surface area contributed by atoms with Crippen LogP contribution in [-0.4, -0.2) is 44.2 Å². The van der Waals surface area contributed by atoms with Crippen molar-refractivity contribution in [3.63, 3.8) is 0 Å². The predicted octanol–water partition coefficient (Wildman–Crippen LogP) is 2.37. The summed E-state index contributed by atoms with van der Waals surface area (Å²) in [7, 11) is 1.58. The van der Waals surface area contributed by atoms with Gasteiger partial charge in [-0.2, -0.15) is 0 Å². The molecule has 8 nitrogen and oxygen atoms in total. The van der Waals surface area contributed by atoms with Crippen molar-refractivity contribution in [2.75, 3.05) is 38.3 Å². The molecule has 142 valence electrons. The third kappa shape index (κ3) is 4.53. The average molecular weight is 371 g/mol. The topological polar surface area (TPSA) is 93.9 Å². The standard InChI is InChI=1S/C19H21N3O5/c1-26-16-4-2-3-14(11-16)13-20-19(23)17-12-15(22(24)25)5-6-18(17)21-7-9-27-10-8-21/h2-6,11-12H,7-10,13H2,1H3,(H,20,23). The van der Waals surface area contributed by atoms with Crippen LogP contribution in [0.1, 0.15) is 15.9 Å². The van der Waals surface area contributed by atoms with Crippen LogP contribution < -0.4 is 15.0 Å². The lowest BCUT2D eigenvalue weighted by molar-refractivity contribution is -0.384. The van der Waals surface area contributed by atoms with Gasteiger partial charge in [0.15, 0.2) is 0 Å². The largest absolute Gasteiger partial charge is 0.497 e. The van der Waals surface area contributed by atoms with Crippen LogP contribution in [0.25, 0.3) is 0 Å². The van der Waals surface area contributed by atoms with E-state index in [1.165, 1.54) is 12.1 Å². The SMILES string of the molecule is COc1cccc(CNC(=O)c2cc([N+](=O)[O-])ccc2N2CCOCC2)c1. The van der Waals surface area contributed by atoms with Crippen molar-refractivity contribution >= 4 is 17.3 Å². The van der Waals surface area contributed by atoms with E-state index < -0.39 is 4.92 Å². The molecule has 0 spiro atoms. The highest BCUT2D eigenvalue weighted by atomic mass is 16.6. The van der Waals surface area contributed by atoms with E-state index in [1.807, 2.05) is 29.2 Å². The van der Waals surface area contributed by atoms with Gasteiger partial charge in [-0.15, -0.1) is 0 Å². The Bertz CT molecular complexity index is 834. The van der Waals surface area contributed by atoms with Crippen LogP contribution in [-0.2, 0) is 11.3 Å². The molecule has 0 saturated carbocycles. The number of nitro groups is 1. The predicted molar refractivity (Wildman–Crippen MR) is 100 cm³/mol. The van der Waals surface area contributed by atoms with Crippen molar-refractivity contribution < 1.29 is 19.2 Å². The normalized spacial score (nSPS) is 13.9. The summed E-state index contributed by atoms with van der Waals surface area (Å²) in [5.41, 5.74) is 1.72. The van der Waals surface area contributed by atoms with Gasteiger partial charge >= 0.3 is 0 Å². The van der Waals surface area contributed by atoms with E-state index in [-0.39, 0.29) is 17.2 Å². The highest BCUT2D eigenvalue weighted by Gasteiger charge is 2.22. The van der Waals surface area contributed by atoms with E-state index in [9.17, 15) is 14.9 Å². The van der Waals surface area contributed by atoms with Gasteiger partial charge in [-0.1, -0.05) is 12.1 Å². The summed E-state index contributed by atoms with van der Waals surface area (Å²) in [6.45, 7) is 2.67. The minimum absolute atomic E-state index is 0.112. The molecule has 0 atom stereocenters. The monoisotopic (exact) mass is 371 g/mol. The second-order valence-corrected chi connectivity index (χ2v) is 6.09. The van der Waals surface area contributed by atoms with Crippen LogP contribution >= 0.6 is 0 Å². The number of nitro benzene ring substituents is 1. The molecule has 1 aliphatic heterocycles. The molecule has 0 radical (unpaired) electrons. The summed E-state index contributed by atoms with van der Waals surface area (Å²) < 4.78 is 10.5.